The Bertz CT molecular complexity index is 507. The summed E-state index contributed by atoms with van der Waals surface area (Å²) in [6, 6.07) is -0.285. The van der Waals surface area contributed by atoms with Crippen LogP contribution in [-0.4, -0.2) is 45.4 Å². The van der Waals surface area contributed by atoms with Crippen molar-refractivity contribution in [3.05, 3.63) is 0 Å². The van der Waals surface area contributed by atoms with Crippen LogP contribution >= 0.6 is 8.25 Å². The molecule has 3 unspecified atom stereocenters. The summed E-state index contributed by atoms with van der Waals surface area (Å²) in [5.74, 6) is 2.35. The maximum absolute atomic E-state index is 12.4. The first-order valence-corrected chi connectivity index (χ1v) is 12.2. The molecule has 0 N–H and O–H groups in total. The van der Waals surface area contributed by atoms with Crippen molar-refractivity contribution in [3.63, 3.8) is 0 Å². The Morgan fingerprint density at radius 2 is 1.45 bits per heavy atom. The predicted molar refractivity (Wildman–Crippen MR) is 114 cm³/mol. The van der Waals surface area contributed by atoms with Gasteiger partial charge in [-0.1, -0.05) is 41.5 Å². The summed E-state index contributed by atoms with van der Waals surface area (Å²) in [6.07, 6.45) is 2.26. The van der Waals surface area contributed by atoms with E-state index in [4.69, 9.17) is 26.4 Å². The molecule has 0 amide bonds. The van der Waals surface area contributed by atoms with Gasteiger partial charge in [0, 0.05) is 44.6 Å². The van der Waals surface area contributed by atoms with Gasteiger partial charge in [-0.15, -0.1) is 0 Å². The molecule has 2 fully saturated rings. The molecule has 2 aliphatic rings. The summed E-state index contributed by atoms with van der Waals surface area (Å²) in [5, 5.41) is 0. The molecule has 0 saturated carbocycles. The Morgan fingerprint density at radius 3 is 2.03 bits per heavy atom. The van der Waals surface area contributed by atoms with E-state index in [-0.39, 0.29) is 68.9 Å². The quantitative estimate of drug-likeness (QED) is 0.320. The molecule has 0 aromatic rings. The zero-order valence-corrected chi connectivity index (χ0v) is 23.1. The van der Waals surface area contributed by atoms with Crippen LogP contribution in [0, 0.1) is 35.5 Å². The third-order valence-corrected chi connectivity index (χ3v) is 7.30. The van der Waals surface area contributed by atoms with E-state index in [1.54, 1.807) is 0 Å². The van der Waals surface area contributed by atoms with Crippen molar-refractivity contribution in [2.45, 2.75) is 85.6 Å². The van der Waals surface area contributed by atoms with E-state index < -0.39 is 8.25 Å². The molecule has 0 aromatic heterocycles. The number of rotatable bonds is 10. The molecular weight excluding hydrogens is 463 g/mol. The monoisotopic (exact) mass is 503 g/mol. The van der Waals surface area contributed by atoms with E-state index in [0.717, 1.165) is 12.8 Å². The van der Waals surface area contributed by atoms with Crippen LogP contribution in [0.2, 0.25) is 0 Å². The van der Waals surface area contributed by atoms with Crippen LogP contribution in [0.4, 0.5) is 0 Å². The van der Waals surface area contributed by atoms with Gasteiger partial charge in [0.1, 0.15) is 7.85 Å². The average molecular weight is 503 g/mol. The van der Waals surface area contributed by atoms with Crippen LogP contribution in [0.1, 0.15) is 61.3 Å². The number of hydrogen-bond donors (Lipinski definition) is 0. The van der Waals surface area contributed by atoms with Gasteiger partial charge >= 0.3 is 8.25 Å². The topological polar surface area (TPSA) is 54.0 Å². The fourth-order valence-electron chi connectivity index (χ4n) is 4.58. The molecule has 0 spiro atoms. The second-order valence-electron chi connectivity index (χ2n) is 9.70. The summed E-state index contributed by atoms with van der Waals surface area (Å²) in [4.78, 5) is 0. The normalized spacial score (nSPS) is 38.5. The molecule has 165 valence electrons. The predicted octanol–water partition coefficient (Wildman–Crippen LogP) is 4.68. The van der Waals surface area contributed by atoms with Gasteiger partial charge in [-0.25, -0.2) is 0 Å². The molecule has 29 heavy (non-hydrogen) atoms. The van der Waals surface area contributed by atoms with E-state index in [9.17, 15) is 4.57 Å². The van der Waals surface area contributed by atoms with Gasteiger partial charge in [0.15, 0.2) is 0 Å². The Kier molecular flexibility index (Phi) is 12.7. The Morgan fingerprint density at radius 1 is 0.862 bits per heavy atom. The minimum absolute atomic E-state index is 0. The first kappa shape index (κ1) is 28.3. The van der Waals surface area contributed by atoms with Crippen molar-refractivity contribution in [2.24, 2.45) is 35.5 Å². The third-order valence-electron chi connectivity index (χ3n) is 6.49. The first-order chi connectivity index (χ1) is 13.1. The van der Waals surface area contributed by atoms with Gasteiger partial charge in [-0.2, -0.15) is 0 Å². The van der Waals surface area contributed by atoms with Crippen LogP contribution in [0.25, 0.3) is 0 Å². The summed E-state index contributed by atoms with van der Waals surface area (Å²) in [6.45, 7) is 15.9. The molecule has 3 radical (unpaired) electrons. The molecule has 0 aromatic carbocycles. The smallest absolute Gasteiger partial charge is 0.319 e. The first-order valence-electron chi connectivity index (χ1n) is 11.0. The summed E-state index contributed by atoms with van der Waals surface area (Å²) >= 11 is 0. The Hall–Kier alpha value is 1.24. The van der Waals surface area contributed by atoms with E-state index in [2.05, 4.69) is 48.5 Å². The van der Waals surface area contributed by atoms with Gasteiger partial charge in [-0.3, -0.25) is 4.57 Å². The molecule has 2 rings (SSSR count). The van der Waals surface area contributed by atoms with Crippen molar-refractivity contribution < 1.29 is 55.8 Å². The fraction of sp³-hybridized carbons (Fsp3) is 1.00. The summed E-state index contributed by atoms with van der Waals surface area (Å²) in [5.41, 5.74) is 0. The molecular formula is C21H40BO5PY. The van der Waals surface area contributed by atoms with Gasteiger partial charge < -0.3 is 18.5 Å². The third kappa shape index (κ3) is 8.26. The van der Waals surface area contributed by atoms with Crippen molar-refractivity contribution in [2.75, 3.05) is 13.2 Å². The second kappa shape index (κ2) is 13.1. The van der Waals surface area contributed by atoms with Crippen LogP contribution in [-0.2, 0) is 55.8 Å². The standard InChI is InChI=1S/C21H40BO5P.Y/c1-12(2)8-17-14(5)16(7)26-20(17)11-25-28(23)24-10-18-15(6)21(22)27-19(18)9-13(3)4;/h12-21,28H,8-11H2,1-7H3;/t14-,15+,16+,17?,18?,19-,20-,21-;/m1./s1. The minimum Gasteiger partial charge on any atom is -0.384 e. The van der Waals surface area contributed by atoms with Crippen molar-refractivity contribution in [1.29, 1.82) is 0 Å². The molecule has 8 heteroatoms. The Balaban J connectivity index is 0.00000420. The minimum atomic E-state index is -2.57. The molecule has 2 aliphatic heterocycles. The molecule has 0 bridgehead atoms. The molecule has 0 aliphatic carbocycles. The fourth-order valence-corrected chi connectivity index (χ4v) is 5.29. The van der Waals surface area contributed by atoms with E-state index in [0.29, 0.717) is 36.9 Å². The maximum Gasteiger partial charge on any atom is 0.319 e. The number of ether oxygens (including phenoxy) is 2. The van der Waals surface area contributed by atoms with Crippen molar-refractivity contribution >= 4 is 16.1 Å². The molecule has 2 heterocycles. The number of hydrogen-bond acceptors (Lipinski definition) is 5. The van der Waals surface area contributed by atoms with Crippen molar-refractivity contribution in [1.82, 2.24) is 0 Å². The SMILES string of the molecule is [B][C@@H]1O[C@H](CC(C)C)C(CO[PH](=O)OC[C@H]2O[C@@H](C)[C@@H](C)C2CC(C)C)[C@@H]1C.[Y]. The van der Waals surface area contributed by atoms with Gasteiger partial charge in [0.05, 0.1) is 31.5 Å². The van der Waals surface area contributed by atoms with Gasteiger partial charge in [0.25, 0.3) is 0 Å². The molecule has 9 atom stereocenters. The Labute approximate surface area is 205 Å². The van der Waals surface area contributed by atoms with Crippen LogP contribution in [0.15, 0.2) is 0 Å². The molecule has 2 saturated heterocycles. The summed E-state index contributed by atoms with van der Waals surface area (Å²) < 4.78 is 35.6. The van der Waals surface area contributed by atoms with E-state index >= 15 is 0 Å². The van der Waals surface area contributed by atoms with Crippen LogP contribution in [0.5, 0.6) is 0 Å². The average Bonchev–Trinajstić information content (AvgIpc) is 3.01. The van der Waals surface area contributed by atoms with Crippen LogP contribution in [0.3, 0.4) is 0 Å². The van der Waals surface area contributed by atoms with Gasteiger partial charge in [-0.05, 0) is 49.4 Å². The van der Waals surface area contributed by atoms with Crippen molar-refractivity contribution in [3.8, 4) is 0 Å². The largest absolute Gasteiger partial charge is 0.384 e. The zero-order valence-electron chi connectivity index (χ0n) is 19.3. The summed E-state index contributed by atoms with van der Waals surface area (Å²) in [7, 11) is 3.50. The van der Waals surface area contributed by atoms with E-state index in [1.807, 2.05) is 0 Å². The maximum atomic E-state index is 12.4. The van der Waals surface area contributed by atoms with Crippen LogP contribution < -0.4 is 0 Å². The van der Waals surface area contributed by atoms with E-state index in [1.165, 1.54) is 0 Å². The van der Waals surface area contributed by atoms with Gasteiger partial charge in [0.2, 0.25) is 0 Å². The zero-order chi connectivity index (χ0) is 21.0. The second-order valence-corrected chi connectivity index (χ2v) is 10.8. The molecule has 5 nitrogen and oxygen atoms in total.